The molecule has 0 bridgehead atoms. The van der Waals surface area contributed by atoms with Gasteiger partial charge in [0.1, 0.15) is 11.6 Å². The summed E-state index contributed by atoms with van der Waals surface area (Å²) in [6, 6.07) is 5.24. The standard InChI is InChI=1S/C18H18ClN3O3S/c1-24-14-7-11(13(19)8-15(14)25-10-5-3-4-6-10)16-12(9-20)17(23)22-18(21-16)26-2/h7-8,10H,3-6H2,1-2H3,(H,21,22,23). The monoisotopic (exact) mass is 391 g/mol. The van der Waals surface area contributed by atoms with Crippen molar-refractivity contribution in [3.63, 3.8) is 0 Å². The molecule has 0 saturated heterocycles. The summed E-state index contributed by atoms with van der Waals surface area (Å²) in [5.74, 6) is 1.05. The molecule has 26 heavy (non-hydrogen) atoms. The van der Waals surface area contributed by atoms with Crippen molar-refractivity contribution < 1.29 is 9.47 Å². The number of nitrogens with zero attached hydrogens (tertiary/aromatic N) is 2. The number of halogens is 1. The molecule has 0 aliphatic heterocycles. The minimum Gasteiger partial charge on any atom is -0.493 e. The number of methoxy groups -OCH3 is 1. The van der Waals surface area contributed by atoms with Crippen LogP contribution in [-0.2, 0) is 0 Å². The van der Waals surface area contributed by atoms with E-state index in [9.17, 15) is 10.1 Å². The Kier molecular flexibility index (Phi) is 5.74. The third kappa shape index (κ3) is 3.67. The molecule has 1 heterocycles. The summed E-state index contributed by atoms with van der Waals surface area (Å²) in [4.78, 5) is 19.1. The van der Waals surface area contributed by atoms with Crippen LogP contribution in [0.1, 0.15) is 31.2 Å². The van der Waals surface area contributed by atoms with E-state index in [2.05, 4.69) is 9.97 Å². The molecule has 1 N–H and O–H groups in total. The van der Waals surface area contributed by atoms with Crippen molar-refractivity contribution in [3.05, 3.63) is 33.1 Å². The Balaban J connectivity index is 2.10. The van der Waals surface area contributed by atoms with E-state index in [4.69, 9.17) is 21.1 Å². The van der Waals surface area contributed by atoms with Crippen LogP contribution in [-0.4, -0.2) is 29.4 Å². The molecule has 3 rings (SSSR count). The van der Waals surface area contributed by atoms with Crippen molar-refractivity contribution in [2.45, 2.75) is 36.9 Å². The van der Waals surface area contributed by atoms with Crippen LogP contribution in [0.5, 0.6) is 11.5 Å². The molecular formula is C18H18ClN3O3S. The number of hydrogen-bond donors (Lipinski definition) is 1. The first-order chi connectivity index (χ1) is 12.6. The van der Waals surface area contributed by atoms with Crippen LogP contribution in [0.3, 0.4) is 0 Å². The molecule has 1 aliphatic carbocycles. The van der Waals surface area contributed by atoms with Crippen molar-refractivity contribution in [1.82, 2.24) is 9.97 Å². The van der Waals surface area contributed by atoms with Crippen LogP contribution in [0, 0.1) is 11.3 Å². The first kappa shape index (κ1) is 18.6. The molecule has 136 valence electrons. The number of benzene rings is 1. The predicted octanol–water partition coefficient (Wildman–Crippen LogP) is 4.01. The molecular weight excluding hydrogens is 374 g/mol. The lowest BCUT2D eigenvalue weighted by Gasteiger charge is -2.18. The van der Waals surface area contributed by atoms with Gasteiger partial charge in [-0.3, -0.25) is 4.79 Å². The lowest BCUT2D eigenvalue weighted by Crippen LogP contribution is -2.15. The highest BCUT2D eigenvalue weighted by Gasteiger charge is 2.22. The van der Waals surface area contributed by atoms with E-state index in [-0.39, 0.29) is 17.4 Å². The van der Waals surface area contributed by atoms with Gasteiger partial charge in [-0.1, -0.05) is 23.4 Å². The van der Waals surface area contributed by atoms with Gasteiger partial charge in [-0.25, -0.2) is 4.98 Å². The number of rotatable bonds is 5. The zero-order chi connectivity index (χ0) is 18.7. The summed E-state index contributed by atoms with van der Waals surface area (Å²) in [6.45, 7) is 0. The molecule has 2 aromatic rings. The van der Waals surface area contributed by atoms with Crippen LogP contribution >= 0.6 is 23.4 Å². The number of aromatic nitrogens is 2. The molecule has 6 nitrogen and oxygen atoms in total. The molecule has 8 heteroatoms. The number of nitrogens with one attached hydrogen (secondary N) is 1. The van der Waals surface area contributed by atoms with Gasteiger partial charge in [0.05, 0.1) is 23.9 Å². The van der Waals surface area contributed by atoms with Gasteiger partial charge in [0.15, 0.2) is 16.7 Å². The maximum Gasteiger partial charge on any atom is 0.270 e. The Bertz CT molecular complexity index is 917. The molecule has 0 radical (unpaired) electrons. The number of ether oxygens (including phenoxy) is 2. The maximum absolute atomic E-state index is 12.2. The number of thioether (sulfide) groups is 1. The van der Waals surface area contributed by atoms with Gasteiger partial charge in [0, 0.05) is 11.6 Å². The zero-order valence-electron chi connectivity index (χ0n) is 14.5. The number of H-pyrrole nitrogens is 1. The second kappa shape index (κ2) is 8.02. The smallest absolute Gasteiger partial charge is 0.270 e. The average molecular weight is 392 g/mol. The van der Waals surface area contributed by atoms with Crippen molar-refractivity contribution in [3.8, 4) is 28.8 Å². The highest BCUT2D eigenvalue weighted by atomic mass is 35.5. The minimum absolute atomic E-state index is 0.0868. The quantitative estimate of drug-likeness (QED) is 0.611. The topological polar surface area (TPSA) is 88.0 Å². The van der Waals surface area contributed by atoms with Crippen molar-refractivity contribution in [2.24, 2.45) is 0 Å². The molecule has 1 aromatic heterocycles. The first-order valence-corrected chi connectivity index (χ1v) is 9.80. The van der Waals surface area contributed by atoms with E-state index < -0.39 is 5.56 Å². The van der Waals surface area contributed by atoms with Crippen LogP contribution in [0.15, 0.2) is 22.1 Å². The lowest BCUT2D eigenvalue weighted by atomic mass is 10.1. The van der Waals surface area contributed by atoms with E-state index in [1.54, 1.807) is 18.4 Å². The molecule has 0 atom stereocenters. The lowest BCUT2D eigenvalue weighted by molar-refractivity contribution is 0.201. The summed E-state index contributed by atoms with van der Waals surface area (Å²) in [5, 5.41) is 10.1. The number of nitriles is 1. The highest BCUT2D eigenvalue weighted by molar-refractivity contribution is 7.98. The van der Waals surface area contributed by atoms with Gasteiger partial charge in [0.25, 0.3) is 5.56 Å². The van der Waals surface area contributed by atoms with E-state index >= 15 is 0 Å². The van der Waals surface area contributed by atoms with Crippen molar-refractivity contribution in [1.29, 1.82) is 5.26 Å². The summed E-state index contributed by atoms with van der Waals surface area (Å²) < 4.78 is 11.5. The van der Waals surface area contributed by atoms with Crippen LogP contribution in [0.2, 0.25) is 5.02 Å². The highest BCUT2D eigenvalue weighted by Crippen LogP contribution is 2.40. The fourth-order valence-electron chi connectivity index (χ4n) is 3.00. The van der Waals surface area contributed by atoms with Gasteiger partial charge < -0.3 is 14.5 Å². The van der Waals surface area contributed by atoms with Crippen LogP contribution in [0.25, 0.3) is 11.3 Å². The summed E-state index contributed by atoms with van der Waals surface area (Å²) >= 11 is 7.73. The Morgan fingerprint density at radius 3 is 2.69 bits per heavy atom. The van der Waals surface area contributed by atoms with E-state index in [0.717, 1.165) is 25.7 Å². The number of aromatic amines is 1. The van der Waals surface area contributed by atoms with Gasteiger partial charge >= 0.3 is 0 Å². The molecule has 0 amide bonds. The first-order valence-electron chi connectivity index (χ1n) is 8.20. The molecule has 1 saturated carbocycles. The minimum atomic E-state index is -0.497. The summed E-state index contributed by atoms with van der Waals surface area (Å²) in [6.07, 6.45) is 6.26. The fraction of sp³-hybridized carbons (Fsp3) is 0.389. The van der Waals surface area contributed by atoms with Crippen LogP contribution < -0.4 is 15.0 Å². The second-order valence-electron chi connectivity index (χ2n) is 5.92. The summed E-state index contributed by atoms with van der Waals surface area (Å²) in [7, 11) is 1.54. The Morgan fingerprint density at radius 1 is 1.35 bits per heavy atom. The Labute approximate surface area is 160 Å². The molecule has 1 aliphatic rings. The van der Waals surface area contributed by atoms with E-state index in [1.807, 2.05) is 6.07 Å². The molecule has 0 unspecified atom stereocenters. The van der Waals surface area contributed by atoms with Gasteiger partial charge in [-0.15, -0.1) is 0 Å². The molecule has 1 fully saturated rings. The summed E-state index contributed by atoms with van der Waals surface area (Å²) in [5.41, 5.74) is 0.107. The molecule has 1 aromatic carbocycles. The number of hydrogen-bond acceptors (Lipinski definition) is 6. The SMILES string of the molecule is COc1cc(-c2nc(SC)[nH]c(=O)c2C#N)c(Cl)cc1OC1CCCC1. The molecule has 0 spiro atoms. The van der Waals surface area contributed by atoms with E-state index in [1.165, 1.54) is 18.9 Å². The zero-order valence-corrected chi connectivity index (χ0v) is 16.0. The average Bonchev–Trinajstić information content (AvgIpc) is 3.14. The normalized spacial score (nSPS) is 14.2. The predicted molar refractivity (Wildman–Crippen MR) is 101 cm³/mol. The Morgan fingerprint density at radius 2 is 2.08 bits per heavy atom. The largest absolute Gasteiger partial charge is 0.493 e. The van der Waals surface area contributed by atoms with Crippen LogP contribution in [0.4, 0.5) is 0 Å². The van der Waals surface area contributed by atoms with Crippen molar-refractivity contribution >= 4 is 23.4 Å². The third-order valence-electron chi connectivity index (χ3n) is 4.31. The van der Waals surface area contributed by atoms with Gasteiger partial charge in [-0.2, -0.15) is 5.26 Å². The maximum atomic E-state index is 12.2. The Hall–Kier alpha value is -2.17. The van der Waals surface area contributed by atoms with E-state index in [0.29, 0.717) is 27.2 Å². The van der Waals surface area contributed by atoms with Gasteiger partial charge in [-0.05, 0) is 38.0 Å². The van der Waals surface area contributed by atoms with Gasteiger partial charge in [0.2, 0.25) is 0 Å². The second-order valence-corrected chi connectivity index (χ2v) is 7.12. The third-order valence-corrected chi connectivity index (χ3v) is 5.20. The van der Waals surface area contributed by atoms with Crippen molar-refractivity contribution in [2.75, 3.05) is 13.4 Å². The fourth-order valence-corrected chi connectivity index (χ4v) is 3.62.